The molecule has 0 bridgehead atoms. The topological polar surface area (TPSA) is 59.1 Å². The van der Waals surface area contributed by atoms with Crippen LogP contribution in [0.1, 0.15) is 36.9 Å². The van der Waals surface area contributed by atoms with Crippen molar-refractivity contribution in [2.24, 2.45) is 5.92 Å². The van der Waals surface area contributed by atoms with Crippen LogP contribution in [-0.2, 0) is 22.6 Å². The molecule has 3 aliphatic rings. The van der Waals surface area contributed by atoms with Crippen LogP contribution < -0.4 is 4.74 Å². The van der Waals surface area contributed by atoms with E-state index in [1.807, 2.05) is 9.21 Å². The molecule has 7 heteroatoms. The number of fused-ring (bicyclic) bond motifs is 1. The van der Waals surface area contributed by atoms with Crippen molar-refractivity contribution in [2.45, 2.75) is 32.2 Å². The molecule has 0 aliphatic carbocycles. The molecule has 0 radical (unpaired) electrons. The van der Waals surface area contributed by atoms with Crippen molar-refractivity contribution >= 4 is 17.3 Å². The van der Waals surface area contributed by atoms with E-state index < -0.39 is 11.4 Å². The molecule has 2 atom stereocenters. The van der Waals surface area contributed by atoms with Crippen molar-refractivity contribution in [1.82, 2.24) is 14.1 Å². The molecule has 0 spiro atoms. The summed E-state index contributed by atoms with van der Waals surface area (Å²) in [5.74, 6) is 1.43. The molecule has 2 unspecified atom stereocenters. The summed E-state index contributed by atoms with van der Waals surface area (Å²) in [7, 11) is 0. The largest absolute Gasteiger partial charge is 0.598 e. The fourth-order valence-electron chi connectivity index (χ4n) is 4.60. The third-order valence-electron chi connectivity index (χ3n) is 6.54. The average molecular weight is 406 g/mol. The molecule has 6 nitrogen and oxygen atoms in total. The zero-order chi connectivity index (χ0) is 19.7. The van der Waals surface area contributed by atoms with Gasteiger partial charge in [0.15, 0.2) is 0 Å². The number of piperidine rings is 1. The van der Waals surface area contributed by atoms with Gasteiger partial charge < -0.3 is 14.2 Å². The first-order valence-electron chi connectivity index (χ1n) is 10.4. The molecule has 1 amide bonds. The maximum Gasteiger partial charge on any atom is 0.225 e. The van der Waals surface area contributed by atoms with Gasteiger partial charge in [0.2, 0.25) is 5.91 Å². The van der Waals surface area contributed by atoms with Crippen molar-refractivity contribution in [3.63, 3.8) is 0 Å². The van der Waals surface area contributed by atoms with Crippen LogP contribution in [0.5, 0.6) is 5.75 Å². The summed E-state index contributed by atoms with van der Waals surface area (Å²) in [6.45, 7) is 7.96. The van der Waals surface area contributed by atoms with Crippen molar-refractivity contribution in [3.05, 3.63) is 29.3 Å². The van der Waals surface area contributed by atoms with Gasteiger partial charge >= 0.3 is 0 Å². The van der Waals surface area contributed by atoms with Gasteiger partial charge in [-0.25, -0.2) is 0 Å². The molecule has 1 aromatic rings. The SMILES string of the molecule is CC(c1ccc2c(c1)OCC2)N1CCN(C(=O)C2CCN([S+](C)[O-])CC2)CC1. The van der Waals surface area contributed by atoms with E-state index in [-0.39, 0.29) is 5.92 Å². The minimum absolute atomic E-state index is 0.0950. The number of carbonyl (C=O) groups is 1. The smallest absolute Gasteiger partial charge is 0.225 e. The summed E-state index contributed by atoms with van der Waals surface area (Å²) >= 11 is -0.921. The first-order valence-corrected chi connectivity index (χ1v) is 11.9. The van der Waals surface area contributed by atoms with Crippen LogP contribution in [0.2, 0.25) is 0 Å². The fourth-order valence-corrected chi connectivity index (χ4v) is 5.33. The molecule has 0 N–H and O–H groups in total. The number of benzene rings is 1. The molecule has 1 aromatic carbocycles. The number of carbonyl (C=O) groups excluding carboxylic acids is 1. The van der Waals surface area contributed by atoms with E-state index >= 15 is 0 Å². The fraction of sp³-hybridized carbons (Fsp3) is 0.667. The Morgan fingerprint density at radius 2 is 1.89 bits per heavy atom. The van der Waals surface area contributed by atoms with Gasteiger partial charge in [-0.05, 0) is 37.0 Å². The highest BCUT2D eigenvalue weighted by atomic mass is 32.2. The lowest BCUT2D eigenvalue weighted by Gasteiger charge is -2.40. The lowest BCUT2D eigenvalue weighted by atomic mass is 9.96. The van der Waals surface area contributed by atoms with Gasteiger partial charge in [0.25, 0.3) is 0 Å². The highest BCUT2D eigenvalue weighted by molar-refractivity contribution is 7.88. The van der Waals surface area contributed by atoms with Crippen molar-refractivity contribution in [3.8, 4) is 5.75 Å². The number of hydrogen-bond acceptors (Lipinski definition) is 5. The lowest BCUT2D eigenvalue weighted by Crippen LogP contribution is -2.52. The Balaban J connectivity index is 1.29. The summed E-state index contributed by atoms with van der Waals surface area (Å²) in [5, 5.41) is 0. The van der Waals surface area contributed by atoms with E-state index in [9.17, 15) is 9.35 Å². The average Bonchev–Trinajstić information content (AvgIpc) is 3.21. The zero-order valence-electron chi connectivity index (χ0n) is 16.9. The highest BCUT2D eigenvalue weighted by Gasteiger charge is 2.33. The number of nitrogens with zero attached hydrogens (tertiary/aromatic N) is 3. The standard InChI is InChI=1S/C21H31N3O3S/c1-16(19-4-3-17-7-14-27-20(17)15-19)22-10-12-23(13-11-22)21(25)18-5-8-24(9-6-18)28(2)26/h3-4,15-16,18H,5-14H2,1-2H3. The van der Waals surface area contributed by atoms with Crippen molar-refractivity contribution < 1.29 is 14.1 Å². The Morgan fingerprint density at radius 3 is 2.57 bits per heavy atom. The number of rotatable bonds is 4. The number of hydrogen-bond donors (Lipinski definition) is 0. The van der Waals surface area contributed by atoms with Crippen molar-refractivity contribution in [2.75, 3.05) is 52.1 Å². The summed E-state index contributed by atoms with van der Waals surface area (Å²) in [6, 6.07) is 6.94. The third kappa shape index (κ3) is 4.17. The lowest BCUT2D eigenvalue weighted by molar-refractivity contribution is -0.138. The van der Waals surface area contributed by atoms with E-state index in [1.165, 1.54) is 11.1 Å². The first kappa shape index (κ1) is 20.0. The van der Waals surface area contributed by atoms with E-state index in [0.29, 0.717) is 11.9 Å². The molecular weight excluding hydrogens is 374 g/mol. The molecule has 28 heavy (non-hydrogen) atoms. The third-order valence-corrected chi connectivity index (χ3v) is 7.64. The predicted octanol–water partition coefficient (Wildman–Crippen LogP) is 1.83. The molecule has 3 aliphatic heterocycles. The Bertz CT molecular complexity index is 698. The molecule has 0 saturated carbocycles. The Labute approximate surface area is 171 Å². The second-order valence-electron chi connectivity index (χ2n) is 8.13. The van der Waals surface area contributed by atoms with Crippen LogP contribution in [-0.4, -0.2) is 76.7 Å². The maximum atomic E-state index is 12.9. The quantitative estimate of drug-likeness (QED) is 0.716. The zero-order valence-corrected chi connectivity index (χ0v) is 17.7. The van der Waals surface area contributed by atoms with Gasteiger partial charge in [-0.1, -0.05) is 12.1 Å². The monoisotopic (exact) mass is 405 g/mol. The minimum atomic E-state index is -0.921. The molecule has 154 valence electrons. The summed E-state index contributed by atoms with van der Waals surface area (Å²) in [6.07, 6.45) is 4.38. The van der Waals surface area contributed by atoms with E-state index in [0.717, 1.165) is 70.9 Å². The molecule has 2 saturated heterocycles. The number of ether oxygens (including phenoxy) is 1. The van der Waals surface area contributed by atoms with Gasteiger partial charge in [-0.3, -0.25) is 9.69 Å². The van der Waals surface area contributed by atoms with Crippen molar-refractivity contribution in [1.29, 1.82) is 0 Å². The van der Waals surface area contributed by atoms with Crippen LogP contribution in [0.3, 0.4) is 0 Å². The van der Waals surface area contributed by atoms with Gasteiger partial charge in [0, 0.05) is 69.0 Å². The second-order valence-corrected chi connectivity index (χ2v) is 9.49. The molecule has 4 rings (SSSR count). The first-order chi connectivity index (χ1) is 13.5. The van der Waals surface area contributed by atoms with Gasteiger partial charge in [-0.15, -0.1) is 4.31 Å². The predicted molar refractivity (Wildman–Crippen MR) is 111 cm³/mol. The minimum Gasteiger partial charge on any atom is -0.598 e. The van der Waals surface area contributed by atoms with Crippen LogP contribution in [0, 0.1) is 5.92 Å². The summed E-state index contributed by atoms with van der Waals surface area (Å²) in [5.41, 5.74) is 2.60. The van der Waals surface area contributed by atoms with Crippen LogP contribution in [0.25, 0.3) is 0 Å². The molecule has 0 aromatic heterocycles. The van der Waals surface area contributed by atoms with E-state index in [1.54, 1.807) is 6.26 Å². The Kier molecular flexibility index (Phi) is 6.16. The highest BCUT2D eigenvalue weighted by Crippen LogP contribution is 2.31. The normalized spacial score (nSPS) is 23.9. The molecule has 2 fully saturated rings. The van der Waals surface area contributed by atoms with Gasteiger partial charge in [0.1, 0.15) is 12.0 Å². The molecular formula is C21H31N3O3S. The molecule has 3 heterocycles. The number of piperazine rings is 1. The summed E-state index contributed by atoms with van der Waals surface area (Å²) < 4.78 is 19.3. The van der Waals surface area contributed by atoms with E-state index in [2.05, 4.69) is 30.0 Å². The Morgan fingerprint density at radius 1 is 1.18 bits per heavy atom. The van der Waals surface area contributed by atoms with Gasteiger partial charge in [0.05, 0.1) is 6.61 Å². The van der Waals surface area contributed by atoms with Crippen LogP contribution in [0.15, 0.2) is 18.2 Å². The Hall–Kier alpha value is -1.28. The number of amides is 1. The van der Waals surface area contributed by atoms with E-state index in [4.69, 9.17) is 4.74 Å². The van der Waals surface area contributed by atoms with Crippen LogP contribution in [0.4, 0.5) is 0 Å². The van der Waals surface area contributed by atoms with Crippen LogP contribution >= 0.6 is 0 Å². The second kappa shape index (κ2) is 8.61. The maximum absolute atomic E-state index is 12.9. The van der Waals surface area contributed by atoms with Gasteiger partial charge in [-0.2, -0.15) is 0 Å². The summed E-state index contributed by atoms with van der Waals surface area (Å²) in [4.78, 5) is 17.4.